The largest absolute Gasteiger partial charge is 0.469 e. The number of cyclic esters (lactones) is 1. The van der Waals surface area contributed by atoms with Gasteiger partial charge in [0.25, 0.3) is 0 Å². The quantitative estimate of drug-likeness (QED) is 0.445. The van der Waals surface area contributed by atoms with E-state index in [4.69, 9.17) is 9.47 Å². The van der Waals surface area contributed by atoms with Crippen molar-refractivity contribution >= 4 is 12.1 Å². The molecule has 0 N–H and O–H groups in total. The highest BCUT2D eigenvalue weighted by molar-refractivity contribution is 5.74. The molecule has 0 bridgehead atoms. The van der Waals surface area contributed by atoms with Crippen molar-refractivity contribution in [3.63, 3.8) is 0 Å². The van der Waals surface area contributed by atoms with Crippen LogP contribution in [0.4, 0.5) is 9.18 Å². The first-order chi connectivity index (χ1) is 15.9. The molecule has 1 fully saturated rings. The highest BCUT2D eigenvalue weighted by Gasteiger charge is 2.45. The highest BCUT2D eigenvalue weighted by Crippen LogP contribution is 2.40. The number of carbonyl (C=O) groups excluding carboxylic acids is 2. The molecule has 1 saturated heterocycles. The maximum absolute atomic E-state index is 13.2. The third-order valence-electron chi connectivity index (χ3n) is 6.27. The van der Waals surface area contributed by atoms with Crippen LogP contribution in [0.25, 0.3) is 11.1 Å². The van der Waals surface area contributed by atoms with Gasteiger partial charge in [0.15, 0.2) is 5.60 Å². The number of methoxy groups -OCH3 is 1. The minimum atomic E-state index is -1.05. The molecule has 33 heavy (non-hydrogen) atoms. The van der Waals surface area contributed by atoms with Crippen molar-refractivity contribution in [2.45, 2.75) is 31.4 Å². The minimum Gasteiger partial charge on any atom is -0.469 e. The SMILES string of the molecule is COC(=O)CC1(c2ccccc2)CCN([C@@H](C)c2ccc(-c3ccc(F)cc3)cc2)C(=O)O1. The van der Waals surface area contributed by atoms with Crippen LogP contribution in [0.1, 0.15) is 36.9 Å². The van der Waals surface area contributed by atoms with Gasteiger partial charge in [-0.1, -0.05) is 66.7 Å². The average Bonchev–Trinajstić information content (AvgIpc) is 2.85. The van der Waals surface area contributed by atoms with E-state index >= 15 is 0 Å². The minimum absolute atomic E-state index is 0.0339. The summed E-state index contributed by atoms with van der Waals surface area (Å²) in [5.74, 6) is -0.698. The molecule has 2 atom stereocenters. The van der Waals surface area contributed by atoms with Gasteiger partial charge in [-0.05, 0) is 41.3 Å². The van der Waals surface area contributed by atoms with Crippen molar-refractivity contribution in [3.05, 3.63) is 95.8 Å². The molecule has 170 valence electrons. The van der Waals surface area contributed by atoms with Gasteiger partial charge in [0, 0.05) is 13.0 Å². The fourth-order valence-corrected chi connectivity index (χ4v) is 4.27. The molecule has 4 rings (SSSR count). The number of hydrogen-bond acceptors (Lipinski definition) is 4. The van der Waals surface area contributed by atoms with Gasteiger partial charge < -0.3 is 14.4 Å². The van der Waals surface area contributed by atoms with Crippen molar-refractivity contribution in [1.82, 2.24) is 4.90 Å². The molecule has 6 heteroatoms. The van der Waals surface area contributed by atoms with E-state index < -0.39 is 17.7 Å². The smallest absolute Gasteiger partial charge is 0.411 e. The summed E-state index contributed by atoms with van der Waals surface area (Å²) in [5.41, 5.74) is 2.57. The molecule has 0 saturated carbocycles. The summed E-state index contributed by atoms with van der Waals surface area (Å²) in [5, 5.41) is 0. The van der Waals surface area contributed by atoms with Crippen molar-refractivity contribution in [2.24, 2.45) is 0 Å². The summed E-state index contributed by atoms with van der Waals surface area (Å²) < 4.78 is 24.0. The lowest BCUT2D eigenvalue weighted by atomic mass is 9.85. The predicted octanol–water partition coefficient (Wildman–Crippen LogP) is 5.85. The topological polar surface area (TPSA) is 55.8 Å². The van der Waals surface area contributed by atoms with Crippen LogP contribution in [-0.4, -0.2) is 30.6 Å². The molecule has 0 radical (unpaired) electrons. The molecular weight excluding hydrogens is 421 g/mol. The van der Waals surface area contributed by atoms with Gasteiger partial charge in [-0.2, -0.15) is 0 Å². The Kier molecular flexibility index (Phi) is 6.45. The fourth-order valence-electron chi connectivity index (χ4n) is 4.27. The second-order valence-electron chi connectivity index (χ2n) is 8.23. The van der Waals surface area contributed by atoms with Crippen LogP contribution in [0.15, 0.2) is 78.9 Å². The van der Waals surface area contributed by atoms with Crippen molar-refractivity contribution < 1.29 is 23.5 Å². The highest BCUT2D eigenvalue weighted by atomic mass is 19.1. The first kappa shape index (κ1) is 22.5. The third kappa shape index (κ3) is 4.75. The molecule has 1 aliphatic heterocycles. The van der Waals surface area contributed by atoms with E-state index in [9.17, 15) is 14.0 Å². The van der Waals surface area contributed by atoms with Gasteiger partial charge >= 0.3 is 12.1 Å². The van der Waals surface area contributed by atoms with Gasteiger partial charge in [0.2, 0.25) is 0 Å². The molecule has 3 aromatic carbocycles. The standard InChI is InChI=1S/C27H26FNO4/c1-19(20-8-10-21(11-9-20)22-12-14-24(28)15-13-22)29-17-16-27(33-26(29)31,18-25(30)32-2)23-6-4-3-5-7-23/h3-15,19H,16-18H2,1-2H3/t19-,27?/m0/s1. The Labute approximate surface area is 192 Å². The van der Waals surface area contributed by atoms with Crippen molar-refractivity contribution in [2.75, 3.05) is 13.7 Å². The summed E-state index contributed by atoms with van der Waals surface area (Å²) in [6.07, 6.45) is -0.0342. The van der Waals surface area contributed by atoms with E-state index in [0.717, 1.165) is 22.3 Å². The average molecular weight is 448 g/mol. The lowest BCUT2D eigenvalue weighted by Crippen LogP contribution is -2.49. The molecular formula is C27H26FNO4. The first-order valence-corrected chi connectivity index (χ1v) is 10.9. The zero-order chi connectivity index (χ0) is 23.4. The van der Waals surface area contributed by atoms with Crippen LogP contribution < -0.4 is 0 Å². The predicted molar refractivity (Wildman–Crippen MR) is 123 cm³/mol. The van der Waals surface area contributed by atoms with Crippen LogP contribution in [0, 0.1) is 5.82 Å². The number of ether oxygens (including phenoxy) is 2. The summed E-state index contributed by atoms with van der Waals surface area (Å²) >= 11 is 0. The lowest BCUT2D eigenvalue weighted by Gasteiger charge is -2.43. The van der Waals surface area contributed by atoms with E-state index in [0.29, 0.717) is 13.0 Å². The number of esters is 1. The normalized spacial score (nSPS) is 19.0. The number of nitrogens with zero attached hydrogens (tertiary/aromatic N) is 1. The van der Waals surface area contributed by atoms with Gasteiger partial charge in [-0.3, -0.25) is 4.79 Å². The van der Waals surface area contributed by atoms with Crippen LogP contribution in [0.5, 0.6) is 0 Å². The van der Waals surface area contributed by atoms with E-state index in [1.54, 1.807) is 17.0 Å². The molecule has 3 aromatic rings. The second kappa shape index (κ2) is 9.45. The van der Waals surface area contributed by atoms with Crippen LogP contribution in [0.3, 0.4) is 0 Å². The van der Waals surface area contributed by atoms with Crippen molar-refractivity contribution in [1.29, 1.82) is 0 Å². The third-order valence-corrected chi connectivity index (χ3v) is 6.27. The lowest BCUT2D eigenvalue weighted by molar-refractivity contribution is -0.149. The van der Waals surface area contributed by atoms with E-state index in [2.05, 4.69) is 0 Å². The molecule has 0 spiro atoms. The number of hydrogen-bond donors (Lipinski definition) is 0. The summed E-state index contributed by atoms with van der Waals surface area (Å²) in [6.45, 7) is 2.38. The molecule has 1 aliphatic rings. The number of halogens is 1. The van der Waals surface area contributed by atoms with Gasteiger partial charge in [-0.25, -0.2) is 9.18 Å². The van der Waals surface area contributed by atoms with Crippen LogP contribution in [-0.2, 0) is 19.9 Å². The Hall–Kier alpha value is -3.67. The van der Waals surface area contributed by atoms with Crippen molar-refractivity contribution in [3.8, 4) is 11.1 Å². The second-order valence-corrected chi connectivity index (χ2v) is 8.23. The van der Waals surface area contributed by atoms with E-state index in [-0.39, 0.29) is 18.3 Å². The number of benzene rings is 3. The summed E-state index contributed by atoms with van der Waals surface area (Å²) in [6, 6.07) is 23.3. The zero-order valence-corrected chi connectivity index (χ0v) is 18.7. The number of amides is 1. The zero-order valence-electron chi connectivity index (χ0n) is 18.7. The Morgan fingerprint density at radius 3 is 2.21 bits per heavy atom. The van der Waals surface area contributed by atoms with E-state index in [1.165, 1.54) is 19.2 Å². The van der Waals surface area contributed by atoms with Crippen LogP contribution >= 0.6 is 0 Å². The molecule has 1 heterocycles. The molecule has 1 amide bonds. The number of carbonyl (C=O) groups is 2. The maximum atomic E-state index is 13.2. The fraction of sp³-hybridized carbons (Fsp3) is 0.259. The maximum Gasteiger partial charge on any atom is 0.411 e. The molecule has 1 unspecified atom stereocenters. The monoisotopic (exact) mass is 447 g/mol. The summed E-state index contributed by atoms with van der Waals surface area (Å²) in [7, 11) is 1.33. The Morgan fingerprint density at radius 1 is 1.03 bits per heavy atom. The molecule has 0 aromatic heterocycles. The van der Waals surface area contributed by atoms with Gasteiger partial charge in [0.05, 0.1) is 19.6 Å². The van der Waals surface area contributed by atoms with Crippen LogP contribution in [0.2, 0.25) is 0 Å². The Balaban J connectivity index is 1.52. The molecule has 0 aliphatic carbocycles. The Morgan fingerprint density at radius 2 is 1.64 bits per heavy atom. The van der Waals surface area contributed by atoms with E-state index in [1.807, 2.05) is 61.5 Å². The number of rotatable bonds is 6. The summed E-state index contributed by atoms with van der Waals surface area (Å²) in [4.78, 5) is 26.9. The molecule has 5 nitrogen and oxygen atoms in total. The van der Waals surface area contributed by atoms with Gasteiger partial charge in [-0.15, -0.1) is 0 Å². The van der Waals surface area contributed by atoms with Gasteiger partial charge in [0.1, 0.15) is 5.82 Å². The first-order valence-electron chi connectivity index (χ1n) is 10.9. The Bertz CT molecular complexity index is 1120.